The van der Waals surface area contributed by atoms with Gasteiger partial charge in [0.2, 0.25) is 5.91 Å². The fourth-order valence-corrected chi connectivity index (χ4v) is 1.66. The molecule has 0 unspecified atom stereocenters. The average Bonchev–Trinajstić information content (AvgIpc) is 2.51. The second-order valence-electron chi connectivity index (χ2n) is 4.02. The van der Waals surface area contributed by atoms with E-state index in [-0.39, 0.29) is 11.9 Å². The molecule has 76 valence electrons. The zero-order valence-electron chi connectivity index (χ0n) is 8.68. The third-order valence-electron chi connectivity index (χ3n) is 2.30. The number of amides is 1. The van der Waals surface area contributed by atoms with Gasteiger partial charge in [-0.25, -0.2) is 0 Å². The Balaban J connectivity index is 2.07. The van der Waals surface area contributed by atoms with E-state index in [1.165, 1.54) is 25.9 Å². The van der Waals surface area contributed by atoms with E-state index < -0.39 is 0 Å². The fraction of sp³-hybridized carbons (Fsp3) is 0.900. The summed E-state index contributed by atoms with van der Waals surface area (Å²) in [5, 5.41) is 2.90. The summed E-state index contributed by atoms with van der Waals surface area (Å²) in [6, 6.07) is 0.270. The Bertz CT molecular complexity index is 162. The molecule has 1 amide bonds. The lowest BCUT2D eigenvalue weighted by atomic mass is 10.3. The van der Waals surface area contributed by atoms with Gasteiger partial charge in [0.15, 0.2) is 0 Å². The number of nitrogens with one attached hydrogen (secondary N) is 1. The Labute approximate surface area is 80.5 Å². The van der Waals surface area contributed by atoms with Gasteiger partial charge < -0.3 is 10.2 Å². The van der Waals surface area contributed by atoms with Crippen LogP contribution >= 0.6 is 0 Å². The van der Waals surface area contributed by atoms with E-state index in [0.717, 1.165) is 6.54 Å². The van der Waals surface area contributed by atoms with Crippen LogP contribution < -0.4 is 5.32 Å². The van der Waals surface area contributed by atoms with E-state index in [1.807, 2.05) is 13.8 Å². The van der Waals surface area contributed by atoms with Gasteiger partial charge in [-0.1, -0.05) is 0 Å². The van der Waals surface area contributed by atoms with Crippen LogP contribution in [-0.2, 0) is 4.79 Å². The zero-order valence-corrected chi connectivity index (χ0v) is 8.68. The summed E-state index contributed by atoms with van der Waals surface area (Å²) < 4.78 is 0. The van der Waals surface area contributed by atoms with Crippen molar-refractivity contribution in [2.75, 3.05) is 19.6 Å². The zero-order chi connectivity index (χ0) is 9.68. The van der Waals surface area contributed by atoms with Crippen molar-refractivity contribution in [3.63, 3.8) is 0 Å². The molecule has 0 radical (unpaired) electrons. The van der Waals surface area contributed by atoms with E-state index in [2.05, 4.69) is 10.2 Å². The van der Waals surface area contributed by atoms with Crippen LogP contribution in [0, 0.1) is 0 Å². The normalized spacial score (nSPS) is 18.1. The van der Waals surface area contributed by atoms with Crippen LogP contribution in [0.5, 0.6) is 0 Å². The number of carbonyl (C=O) groups excluding carboxylic acids is 1. The summed E-state index contributed by atoms with van der Waals surface area (Å²) in [7, 11) is 0. The monoisotopic (exact) mass is 184 g/mol. The number of likely N-dealkylation sites (tertiary alicyclic amines) is 1. The second-order valence-corrected chi connectivity index (χ2v) is 4.02. The van der Waals surface area contributed by atoms with E-state index in [9.17, 15) is 4.79 Å². The predicted molar refractivity (Wildman–Crippen MR) is 53.6 cm³/mol. The van der Waals surface area contributed by atoms with Crippen molar-refractivity contribution in [2.45, 2.75) is 39.2 Å². The van der Waals surface area contributed by atoms with Gasteiger partial charge in [0.25, 0.3) is 0 Å². The van der Waals surface area contributed by atoms with Gasteiger partial charge in [-0.3, -0.25) is 4.79 Å². The SMILES string of the molecule is CC(C)NC(=O)CCN1CCCC1. The highest BCUT2D eigenvalue weighted by Gasteiger charge is 2.12. The molecule has 1 aliphatic heterocycles. The lowest BCUT2D eigenvalue weighted by Gasteiger charge is -2.14. The molecule has 3 heteroatoms. The highest BCUT2D eigenvalue weighted by Crippen LogP contribution is 2.07. The van der Waals surface area contributed by atoms with Crippen LogP contribution in [0.1, 0.15) is 33.1 Å². The molecule has 0 aliphatic carbocycles. The molecular formula is C10H20N2O. The molecule has 3 nitrogen and oxygen atoms in total. The van der Waals surface area contributed by atoms with Gasteiger partial charge in [0, 0.05) is 19.0 Å². The largest absolute Gasteiger partial charge is 0.354 e. The van der Waals surface area contributed by atoms with Crippen LogP contribution in [0.15, 0.2) is 0 Å². The molecule has 0 bridgehead atoms. The Hall–Kier alpha value is -0.570. The maximum Gasteiger partial charge on any atom is 0.221 e. The molecular weight excluding hydrogens is 164 g/mol. The van der Waals surface area contributed by atoms with E-state index in [0.29, 0.717) is 6.42 Å². The van der Waals surface area contributed by atoms with Crippen molar-refractivity contribution >= 4 is 5.91 Å². The maximum absolute atomic E-state index is 11.3. The number of hydrogen-bond donors (Lipinski definition) is 1. The van der Waals surface area contributed by atoms with Crippen molar-refractivity contribution < 1.29 is 4.79 Å². The Morgan fingerprint density at radius 2 is 2.00 bits per heavy atom. The first-order valence-electron chi connectivity index (χ1n) is 5.20. The van der Waals surface area contributed by atoms with Gasteiger partial charge >= 0.3 is 0 Å². The number of hydrogen-bond acceptors (Lipinski definition) is 2. The van der Waals surface area contributed by atoms with Crippen LogP contribution in [0.2, 0.25) is 0 Å². The van der Waals surface area contributed by atoms with Gasteiger partial charge in [-0.05, 0) is 39.8 Å². The second kappa shape index (κ2) is 5.22. The van der Waals surface area contributed by atoms with Crippen molar-refractivity contribution in [1.82, 2.24) is 10.2 Å². The number of carbonyl (C=O) groups is 1. The molecule has 0 aromatic rings. The van der Waals surface area contributed by atoms with E-state index in [4.69, 9.17) is 0 Å². The Kier molecular flexibility index (Phi) is 4.22. The molecule has 0 saturated carbocycles. The third kappa shape index (κ3) is 4.27. The molecule has 0 aromatic heterocycles. The highest BCUT2D eigenvalue weighted by atomic mass is 16.1. The van der Waals surface area contributed by atoms with Gasteiger partial charge in [0.1, 0.15) is 0 Å². The smallest absolute Gasteiger partial charge is 0.221 e. The lowest BCUT2D eigenvalue weighted by molar-refractivity contribution is -0.121. The quantitative estimate of drug-likeness (QED) is 0.707. The van der Waals surface area contributed by atoms with Crippen molar-refractivity contribution in [3.05, 3.63) is 0 Å². The Morgan fingerprint density at radius 1 is 1.38 bits per heavy atom. The maximum atomic E-state index is 11.3. The van der Waals surface area contributed by atoms with Crippen LogP contribution in [0.3, 0.4) is 0 Å². The first-order valence-corrected chi connectivity index (χ1v) is 5.20. The Morgan fingerprint density at radius 3 is 2.54 bits per heavy atom. The third-order valence-corrected chi connectivity index (χ3v) is 2.30. The summed E-state index contributed by atoms with van der Waals surface area (Å²) in [6.07, 6.45) is 3.25. The minimum absolute atomic E-state index is 0.182. The molecule has 1 heterocycles. The van der Waals surface area contributed by atoms with Gasteiger partial charge in [-0.2, -0.15) is 0 Å². The number of rotatable bonds is 4. The van der Waals surface area contributed by atoms with Crippen LogP contribution in [0.25, 0.3) is 0 Å². The summed E-state index contributed by atoms with van der Waals surface area (Å²) in [4.78, 5) is 13.6. The molecule has 1 rings (SSSR count). The number of nitrogens with zero attached hydrogens (tertiary/aromatic N) is 1. The lowest BCUT2D eigenvalue weighted by Crippen LogP contribution is -2.33. The van der Waals surface area contributed by atoms with E-state index >= 15 is 0 Å². The standard InChI is InChI=1S/C10H20N2O/c1-9(2)11-10(13)5-8-12-6-3-4-7-12/h9H,3-8H2,1-2H3,(H,11,13). The fourth-order valence-electron chi connectivity index (χ4n) is 1.66. The molecule has 0 atom stereocenters. The summed E-state index contributed by atoms with van der Waals surface area (Å²) in [5.74, 6) is 0.182. The summed E-state index contributed by atoms with van der Waals surface area (Å²) in [6.45, 7) is 7.27. The van der Waals surface area contributed by atoms with Crippen molar-refractivity contribution in [2.24, 2.45) is 0 Å². The van der Waals surface area contributed by atoms with Gasteiger partial charge in [-0.15, -0.1) is 0 Å². The first-order chi connectivity index (χ1) is 6.18. The molecule has 13 heavy (non-hydrogen) atoms. The molecule has 0 spiro atoms. The summed E-state index contributed by atoms with van der Waals surface area (Å²) >= 11 is 0. The molecule has 1 aliphatic rings. The van der Waals surface area contributed by atoms with Gasteiger partial charge in [0.05, 0.1) is 0 Å². The topological polar surface area (TPSA) is 32.3 Å². The van der Waals surface area contributed by atoms with E-state index in [1.54, 1.807) is 0 Å². The summed E-state index contributed by atoms with van der Waals surface area (Å²) in [5.41, 5.74) is 0. The molecule has 1 N–H and O–H groups in total. The van der Waals surface area contributed by atoms with Crippen LogP contribution in [0.4, 0.5) is 0 Å². The highest BCUT2D eigenvalue weighted by molar-refractivity contribution is 5.76. The van der Waals surface area contributed by atoms with Crippen molar-refractivity contribution in [1.29, 1.82) is 0 Å². The van der Waals surface area contributed by atoms with Crippen LogP contribution in [-0.4, -0.2) is 36.5 Å². The molecule has 1 saturated heterocycles. The average molecular weight is 184 g/mol. The minimum Gasteiger partial charge on any atom is -0.354 e. The minimum atomic E-state index is 0.182. The molecule has 0 aromatic carbocycles. The predicted octanol–water partition coefficient (Wildman–Crippen LogP) is 0.997. The molecule has 1 fully saturated rings. The first kappa shape index (κ1) is 10.5. The van der Waals surface area contributed by atoms with Crippen molar-refractivity contribution in [3.8, 4) is 0 Å².